The maximum Gasteiger partial charge on any atom is 0.339 e. The van der Waals surface area contributed by atoms with Crippen LogP contribution < -0.4 is 0 Å². The third kappa shape index (κ3) is 12.6. The molecular formula is C40H44ClN3O15. The zero-order valence-electron chi connectivity index (χ0n) is 32.2. The summed E-state index contributed by atoms with van der Waals surface area (Å²) < 4.78 is 42.8. The van der Waals surface area contributed by atoms with E-state index in [9.17, 15) is 33.6 Å². The van der Waals surface area contributed by atoms with E-state index < -0.39 is 40.8 Å². The van der Waals surface area contributed by atoms with Crippen LogP contribution in [0.25, 0.3) is 10.8 Å². The highest BCUT2D eigenvalue weighted by Gasteiger charge is 2.39. The summed E-state index contributed by atoms with van der Waals surface area (Å²) in [5.41, 5.74) is 1.18. The summed E-state index contributed by atoms with van der Waals surface area (Å²) in [4.78, 5) is 94.0. The van der Waals surface area contributed by atoms with E-state index in [0.29, 0.717) is 5.56 Å². The molecule has 59 heavy (non-hydrogen) atoms. The summed E-state index contributed by atoms with van der Waals surface area (Å²) in [6.07, 6.45) is 2.81. The molecule has 0 fully saturated rings. The first-order valence-corrected chi connectivity index (χ1v) is 19.3. The number of rotatable bonds is 28. The van der Waals surface area contributed by atoms with Gasteiger partial charge < -0.3 is 37.9 Å². The van der Waals surface area contributed by atoms with Crippen molar-refractivity contribution < 1.29 is 71.5 Å². The summed E-state index contributed by atoms with van der Waals surface area (Å²) in [5.74, 6) is -3.26. The van der Waals surface area contributed by atoms with E-state index >= 15 is 0 Å². The van der Waals surface area contributed by atoms with Crippen molar-refractivity contribution in [2.24, 2.45) is 0 Å². The van der Waals surface area contributed by atoms with Crippen molar-refractivity contribution in [3.63, 3.8) is 0 Å². The minimum Gasteiger partial charge on any atom is -0.463 e. The second kappa shape index (κ2) is 23.4. The Kier molecular flexibility index (Phi) is 17.8. The number of halogens is 1. The van der Waals surface area contributed by atoms with Gasteiger partial charge in [-0.05, 0) is 48.0 Å². The molecule has 0 aliphatic carbocycles. The SMILES string of the molecule is O=C(Cl)CCC(=O)OCCOCCOCCOCCN1C(=O)c2ccc3c4c(ccc(c24)C1=O)C(=O)N(CCOCCOCCOCCOC(=O)c1cccnc1)C3=O. The summed E-state index contributed by atoms with van der Waals surface area (Å²) >= 11 is 5.18. The van der Waals surface area contributed by atoms with Gasteiger partial charge in [0, 0.05) is 51.8 Å². The third-order valence-corrected chi connectivity index (χ3v) is 9.03. The number of imide groups is 2. The van der Waals surface area contributed by atoms with Crippen LogP contribution in [0.1, 0.15) is 64.6 Å². The van der Waals surface area contributed by atoms with Gasteiger partial charge in [-0.25, -0.2) is 4.79 Å². The maximum atomic E-state index is 13.5. The van der Waals surface area contributed by atoms with E-state index in [1.807, 2.05) is 0 Å². The fourth-order valence-corrected chi connectivity index (χ4v) is 6.12. The Hall–Kier alpha value is -5.21. The van der Waals surface area contributed by atoms with Crippen LogP contribution in [0.2, 0.25) is 0 Å². The van der Waals surface area contributed by atoms with Gasteiger partial charge in [0.1, 0.15) is 13.2 Å². The zero-order chi connectivity index (χ0) is 42.0. The monoisotopic (exact) mass is 841 g/mol. The molecule has 19 heteroatoms. The highest BCUT2D eigenvalue weighted by molar-refractivity contribution is 6.63. The average molecular weight is 842 g/mol. The highest BCUT2D eigenvalue weighted by atomic mass is 35.5. The molecule has 2 aliphatic heterocycles. The number of esters is 2. The van der Waals surface area contributed by atoms with Gasteiger partial charge in [-0.1, -0.05) is 0 Å². The van der Waals surface area contributed by atoms with Crippen LogP contribution in [0.4, 0.5) is 0 Å². The second-order valence-corrected chi connectivity index (χ2v) is 13.1. The molecule has 0 bridgehead atoms. The van der Waals surface area contributed by atoms with Crippen molar-refractivity contribution in [2.45, 2.75) is 12.8 Å². The topological polar surface area (TPSA) is 213 Å². The van der Waals surface area contributed by atoms with Crippen molar-refractivity contribution in [1.29, 1.82) is 0 Å². The number of aromatic nitrogens is 1. The van der Waals surface area contributed by atoms with Crippen LogP contribution in [-0.4, -0.2) is 161 Å². The first kappa shape index (κ1) is 44.9. The van der Waals surface area contributed by atoms with Gasteiger partial charge in [-0.15, -0.1) is 0 Å². The number of hydrogen-bond acceptors (Lipinski definition) is 16. The Bertz CT molecular complexity index is 1910. The summed E-state index contributed by atoms with van der Waals surface area (Å²) in [5, 5.41) is -0.0627. The molecule has 3 heterocycles. The minimum atomic E-state index is -0.607. The van der Waals surface area contributed by atoms with Gasteiger partial charge >= 0.3 is 11.9 Å². The van der Waals surface area contributed by atoms with E-state index in [-0.39, 0.29) is 151 Å². The Labute approximate surface area is 343 Å². The molecular weight excluding hydrogens is 798 g/mol. The number of ether oxygens (including phenoxy) is 8. The number of amides is 4. The van der Waals surface area contributed by atoms with E-state index in [2.05, 4.69) is 4.98 Å². The Morgan fingerprint density at radius 2 is 0.898 bits per heavy atom. The van der Waals surface area contributed by atoms with E-state index in [0.717, 1.165) is 9.80 Å². The molecule has 0 unspecified atom stereocenters. The van der Waals surface area contributed by atoms with E-state index in [1.165, 1.54) is 30.5 Å². The standard InChI is InChI=1S/C40H44ClN3O15/c41-32(45)7-8-33(46)58-24-22-56-20-18-54-16-14-52-12-10-43-36(47)28-3-5-30-35-31(6-4-29(34(28)35)37(43)48)39(50)44(38(30)49)11-13-53-15-17-55-19-21-57-23-25-59-40(51)27-2-1-9-42-26-27/h1-6,9,26H,7-8,10-25H2. The van der Waals surface area contributed by atoms with E-state index in [4.69, 9.17) is 49.5 Å². The van der Waals surface area contributed by atoms with Crippen molar-refractivity contribution in [2.75, 3.05) is 106 Å². The number of pyridine rings is 1. The Morgan fingerprint density at radius 1 is 0.508 bits per heavy atom. The van der Waals surface area contributed by atoms with Crippen LogP contribution in [-0.2, 0) is 47.5 Å². The third-order valence-electron chi connectivity index (χ3n) is 8.84. The molecule has 2 aromatic carbocycles. The fraction of sp³-hybridized carbons (Fsp3) is 0.450. The molecule has 0 atom stereocenters. The second-order valence-electron chi connectivity index (χ2n) is 12.7. The van der Waals surface area contributed by atoms with Crippen molar-refractivity contribution in [3.8, 4) is 0 Å². The van der Waals surface area contributed by atoms with Crippen LogP contribution >= 0.6 is 11.6 Å². The van der Waals surface area contributed by atoms with Crippen LogP contribution in [0.15, 0.2) is 48.8 Å². The molecule has 0 saturated carbocycles. The number of benzene rings is 2. The van der Waals surface area contributed by atoms with Gasteiger partial charge in [0.2, 0.25) is 5.24 Å². The molecule has 18 nitrogen and oxygen atoms in total. The summed E-state index contributed by atoms with van der Waals surface area (Å²) in [6.45, 7) is 2.51. The molecule has 0 saturated heterocycles. The van der Waals surface area contributed by atoms with Crippen LogP contribution in [0.5, 0.6) is 0 Å². The summed E-state index contributed by atoms with van der Waals surface area (Å²) in [6, 6.07) is 9.24. The molecule has 0 spiro atoms. The zero-order valence-corrected chi connectivity index (χ0v) is 32.9. The molecule has 0 radical (unpaired) electrons. The quantitative estimate of drug-likeness (QED) is 0.0445. The molecule has 1 aromatic heterocycles. The van der Waals surface area contributed by atoms with Crippen molar-refractivity contribution >= 4 is 63.2 Å². The highest BCUT2D eigenvalue weighted by Crippen LogP contribution is 2.37. The first-order valence-electron chi connectivity index (χ1n) is 18.9. The molecule has 2 aliphatic rings. The number of carbonyl (C=O) groups is 7. The molecule has 3 aromatic rings. The Balaban J connectivity index is 0.965. The Morgan fingerprint density at radius 3 is 1.29 bits per heavy atom. The predicted molar refractivity (Wildman–Crippen MR) is 205 cm³/mol. The lowest BCUT2D eigenvalue weighted by atomic mass is 9.86. The number of carbonyl (C=O) groups excluding carboxylic acids is 7. The van der Waals surface area contributed by atoms with Crippen molar-refractivity contribution in [3.05, 3.63) is 76.6 Å². The normalized spacial score (nSPS) is 13.4. The van der Waals surface area contributed by atoms with E-state index in [1.54, 1.807) is 18.3 Å². The van der Waals surface area contributed by atoms with Gasteiger partial charge in [-0.3, -0.25) is 43.6 Å². The lowest BCUT2D eigenvalue weighted by molar-refractivity contribution is -0.146. The van der Waals surface area contributed by atoms with Crippen LogP contribution in [0.3, 0.4) is 0 Å². The lowest BCUT2D eigenvalue weighted by Crippen LogP contribution is -2.45. The summed E-state index contributed by atoms with van der Waals surface area (Å²) in [7, 11) is 0. The number of hydrogen-bond donors (Lipinski definition) is 0. The molecule has 0 N–H and O–H groups in total. The smallest absolute Gasteiger partial charge is 0.339 e. The lowest BCUT2D eigenvalue weighted by Gasteiger charge is -2.31. The van der Waals surface area contributed by atoms with Gasteiger partial charge in [-0.2, -0.15) is 0 Å². The molecule has 4 amide bonds. The van der Waals surface area contributed by atoms with Gasteiger partial charge in [0.05, 0.1) is 104 Å². The maximum absolute atomic E-state index is 13.5. The first-order chi connectivity index (χ1) is 28.7. The predicted octanol–water partition coefficient (Wildman–Crippen LogP) is 2.47. The minimum absolute atomic E-state index is 0.0202. The average Bonchev–Trinajstić information content (AvgIpc) is 3.24. The molecule has 316 valence electrons. The number of nitrogens with zero attached hydrogens (tertiary/aromatic N) is 3. The largest absolute Gasteiger partial charge is 0.463 e. The molecule has 5 rings (SSSR count). The van der Waals surface area contributed by atoms with Crippen LogP contribution in [0, 0.1) is 0 Å². The van der Waals surface area contributed by atoms with Gasteiger partial charge in [0.25, 0.3) is 23.6 Å². The van der Waals surface area contributed by atoms with Gasteiger partial charge in [0.15, 0.2) is 0 Å². The fourth-order valence-electron chi connectivity index (χ4n) is 6.02. The van der Waals surface area contributed by atoms with Crippen molar-refractivity contribution in [1.82, 2.24) is 14.8 Å².